The zero-order valence-electron chi connectivity index (χ0n) is 19.0. The van der Waals surface area contributed by atoms with E-state index in [0.29, 0.717) is 22.6 Å². The van der Waals surface area contributed by atoms with Gasteiger partial charge in [-0.2, -0.15) is 0 Å². The first-order valence-electron chi connectivity index (χ1n) is 10.7. The van der Waals surface area contributed by atoms with Crippen LogP contribution in [0.4, 0.5) is 11.4 Å². The highest BCUT2D eigenvalue weighted by molar-refractivity contribution is 6.51. The number of amides is 1. The van der Waals surface area contributed by atoms with Gasteiger partial charge in [0.1, 0.15) is 11.5 Å². The molecule has 0 bridgehead atoms. The molecule has 0 radical (unpaired) electrons. The number of non-ortho nitro benzene ring substituents is 1. The van der Waals surface area contributed by atoms with Crippen molar-refractivity contribution in [2.75, 3.05) is 12.0 Å². The number of Topliss-reactive ketones (excluding diaryl/α,β-unsaturated/α-hetero) is 1. The second-order valence-corrected chi connectivity index (χ2v) is 7.96. The number of nitrogens with zero attached hydrogens (tertiary/aromatic N) is 2. The van der Waals surface area contributed by atoms with E-state index in [-0.39, 0.29) is 23.2 Å². The fourth-order valence-corrected chi connectivity index (χ4v) is 4.16. The molecule has 0 aromatic heterocycles. The van der Waals surface area contributed by atoms with Crippen LogP contribution in [0, 0.1) is 10.1 Å². The van der Waals surface area contributed by atoms with E-state index in [4.69, 9.17) is 9.84 Å². The van der Waals surface area contributed by atoms with Crippen molar-refractivity contribution in [3.8, 4) is 5.75 Å². The standard InChI is InChI=1S/C26H20N2O8/c1-36-20-8-3-2-7-19(20)23-22(24(31)16-5-4-6-18(14-16)28(34)35)25(32)26(33)27(23)17-11-9-15(10-12-17)13-21(29)30/h2-12,14,23,31H,13H2,1H3,(H,29,30)/b24-22+. The summed E-state index contributed by atoms with van der Waals surface area (Å²) in [6.45, 7) is 0. The lowest BCUT2D eigenvalue weighted by Gasteiger charge is -2.26. The Bertz CT molecular complexity index is 1410. The van der Waals surface area contributed by atoms with E-state index in [9.17, 15) is 29.6 Å². The summed E-state index contributed by atoms with van der Waals surface area (Å²) in [5, 5.41) is 31.4. The van der Waals surface area contributed by atoms with Crippen LogP contribution in [0.1, 0.15) is 22.7 Å². The molecule has 10 heteroatoms. The topological polar surface area (TPSA) is 147 Å². The summed E-state index contributed by atoms with van der Waals surface area (Å²) < 4.78 is 5.45. The number of nitro benzene ring substituents is 1. The van der Waals surface area contributed by atoms with Gasteiger partial charge in [0.15, 0.2) is 0 Å². The predicted molar refractivity (Wildman–Crippen MR) is 129 cm³/mol. The van der Waals surface area contributed by atoms with E-state index in [0.717, 1.165) is 6.07 Å². The number of anilines is 1. The Morgan fingerprint density at radius 1 is 1.03 bits per heavy atom. The molecule has 1 amide bonds. The van der Waals surface area contributed by atoms with Gasteiger partial charge in [0.2, 0.25) is 0 Å². The van der Waals surface area contributed by atoms with E-state index in [1.807, 2.05) is 0 Å². The number of carboxylic acid groups (broad SMARTS) is 1. The first kappa shape index (κ1) is 24.1. The molecule has 1 heterocycles. The molecule has 0 saturated carbocycles. The number of aliphatic carboxylic acids is 1. The minimum absolute atomic E-state index is 0.00101. The number of nitro groups is 1. The largest absolute Gasteiger partial charge is 0.507 e. The minimum Gasteiger partial charge on any atom is -0.507 e. The number of rotatable bonds is 7. The van der Waals surface area contributed by atoms with Crippen LogP contribution in [-0.4, -0.2) is 39.9 Å². The highest BCUT2D eigenvalue weighted by Gasteiger charge is 2.48. The average Bonchev–Trinajstić information content (AvgIpc) is 3.13. The van der Waals surface area contributed by atoms with E-state index in [1.165, 1.54) is 54.5 Å². The Balaban J connectivity index is 1.93. The third-order valence-electron chi connectivity index (χ3n) is 5.78. The summed E-state index contributed by atoms with van der Waals surface area (Å²) in [4.78, 5) is 49.3. The molecule has 4 rings (SSSR count). The summed E-state index contributed by atoms with van der Waals surface area (Å²) >= 11 is 0. The van der Waals surface area contributed by atoms with Crippen LogP contribution in [0.15, 0.2) is 78.4 Å². The van der Waals surface area contributed by atoms with Crippen LogP contribution in [-0.2, 0) is 20.8 Å². The van der Waals surface area contributed by atoms with Crippen LogP contribution >= 0.6 is 0 Å². The second kappa shape index (κ2) is 9.71. The predicted octanol–water partition coefficient (Wildman–Crippen LogP) is 3.86. The van der Waals surface area contributed by atoms with Crippen molar-refractivity contribution in [3.05, 3.63) is 105 Å². The van der Waals surface area contributed by atoms with Crippen molar-refractivity contribution >= 4 is 34.8 Å². The van der Waals surface area contributed by atoms with Crippen molar-refractivity contribution in [2.24, 2.45) is 0 Å². The van der Waals surface area contributed by atoms with Gasteiger partial charge in [-0.1, -0.05) is 42.5 Å². The van der Waals surface area contributed by atoms with Crippen molar-refractivity contribution in [3.63, 3.8) is 0 Å². The molecule has 3 aromatic rings. The van der Waals surface area contributed by atoms with Gasteiger partial charge in [0.05, 0.1) is 30.1 Å². The summed E-state index contributed by atoms with van der Waals surface area (Å²) in [6, 6.07) is 16.7. The Kier molecular flexibility index (Phi) is 6.51. The molecule has 2 N–H and O–H groups in total. The van der Waals surface area contributed by atoms with Crippen LogP contribution in [0.3, 0.4) is 0 Å². The number of ketones is 1. The fraction of sp³-hybridized carbons (Fsp3) is 0.115. The Morgan fingerprint density at radius 3 is 2.36 bits per heavy atom. The van der Waals surface area contributed by atoms with Crippen molar-refractivity contribution < 1.29 is 34.3 Å². The molecule has 1 saturated heterocycles. The number of hydrogen-bond donors (Lipinski definition) is 2. The maximum atomic E-state index is 13.3. The van der Waals surface area contributed by atoms with E-state index < -0.39 is 34.4 Å². The zero-order chi connectivity index (χ0) is 26.0. The van der Waals surface area contributed by atoms with Gasteiger partial charge >= 0.3 is 5.97 Å². The lowest BCUT2D eigenvalue weighted by molar-refractivity contribution is -0.384. The van der Waals surface area contributed by atoms with Gasteiger partial charge in [-0.05, 0) is 23.8 Å². The number of aliphatic hydroxyl groups is 1. The number of methoxy groups -OCH3 is 1. The average molecular weight is 488 g/mol. The zero-order valence-corrected chi connectivity index (χ0v) is 19.0. The van der Waals surface area contributed by atoms with Gasteiger partial charge in [0, 0.05) is 28.9 Å². The maximum Gasteiger partial charge on any atom is 0.307 e. The number of aliphatic hydroxyl groups excluding tert-OH is 1. The Labute approximate surface area is 204 Å². The van der Waals surface area contributed by atoms with Gasteiger partial charge in [-0.25, -0.2) is 0 Å². The van der Waals surface area contributed by atoms with E-state index in [1.54, 1.807) is 24.3 Å². The molecule has 3 aromatic carbocycles. The maximum absolute atomic E-state index is 13.3. The normalized spacial score (nSPS) is 16.7. The van der Waals surface area contributed by atoms with Crippen LogP contribution in [0.5, 0.6) is 5.75 Å². The summed E-state index contributed by atoms with van der Waals surface area (Å²) in [5.74, 6) is -3.15. The monoisotopic (exact) mass is 488 g/mol. The molecular formula is C26H20N2O8. The number of ether oxygens (including phenoxy) is 1. The van der Waals surface area contributed by atoms with E-state index in [2.05, 4.69) is 0 Å². The lowest BCUT2D eigenvalue weighted by atomic mass is 9.94. The molecule has 1 aliphatic rings. The van der Waals surface area contributed by atoms with Crippen LogP contribution in [0.2, 0.25) is 0 Å². The third kappa shape index (κ3) is 4.39. The summed E-state index contributed by atoms with van der Waals surface area (Å²) in [5.41, 5.74) is 0.629. The van der Waals surface area contributed by atoms with Gasteiger partial charge in [-0.3, -0.25) is 29.4 Å². The lowest BCUT2D eigenvalue weighted by Crippen LogP contribution is -2.29. The first-order valence-corrected chi connectivity index (χ1v) is 10.7. The molecule has 0 aliphatic carbocycles. The van der Waals surface area contributed by atoms with Gasteiger partial charge in [0.25, 0.3) is 17.4 Å². The van der Waals surface area contributed by atoms with Gasteiger partial charge < -0.3 is 14.9 Å². The highest BCUT2D eigenvalue weighted by atomic mass is 16.6. The quantitative estimate of drug-likeness (QED) is 0.168. The molecule has 0 spiro atoms. The second-order valence-electron chi connectivity index (χ2n) is 7.96. The van der Waals surface area contributed by atoms with Crippen molar-refractivity contribution in [1.82, 2.24) is 0 Å². The van der Waals surface area contributed by atoms with Crippen molar-refractivity contribution in [1.29, 1.82) is 0 Å². The highest BCUT2D eigenvalue weighted by Crippen LogP contribution is 2.45. The number of carbonyl (C=O) groups excluding carboxylic acids is 2. The summed E-state index contributed by atoms with van der Waals surface area (Å²) in [7, 11) is 1.42. The van der Waals surface area contributed by atoms with Gasteiger partial charge in [-0.15, -0.1) is 0 Å². The number of benzene rings is 3. The summed E-state index contributed by atoms with van der Waals surface area (Å²) in [6.07, 6.45) is -0.220. The SMILES string of the molecule is COc1ccccc1C1/C(=C(\O)c2cccc([N+](=O)[O-])c2)C(=O)C(=O)N1c1ccc(CC(=O)O)cc1. The molecule has 36 heavy (non-hydrogen) atoms. The third-order valence-corrected chi connectivity index (χ3v) is 5.78. The fourth-order valence-electron chi connectivity index (χ4n) is 4.16. The molecule has 10 nitrogen and oxygen atoms in total. The molecule has 1 fully saturated rings. The van der Waals surface area contributed by atoms with Crippen LogP contribution in [0.25, 0.3) is 5.76 Å². The first-order chi connectivity index (χ1) is 17.2. The number of hydrogen-bond acceptors (Lipinski definition) is 7. The van der Waals surface area contributed by atoms with Crippen molar-refractivity contribution in [2.45, 2.75) is 12.5 Å². The molecule has 1 unspecified atom stereocenters. The van der Waals surface area contributed by atoms with E-state index >= 15 is 0 Å². The number of carbonyl (C=O) groups is 3. The Hall–Kier alpha value is -4.99. The number of carboxylic acids is 1. The smallest absolute Gasteiger partial charge is 0.307 e. The molecular weight excluding hydrogens is 468 g/mol. The van der Waals surface area contributed by atoms with Crippen LogP contribution < -0.4 is 9.64 Å². The Morgan fingerprint density at radius 2 is 1.72 bits per heavy atom. The molecule has 1 aliphatic heterocycles. The molecule has 182 valence electrons. The molecule has 1 atom stereocenters. The number of para-hydroxylation sites is 1. The minimum atomic E-state index is -1.12.